The first-order valence-corrected chi connectivity index (χ1v) is 9.76. The lowest BCUT2D eigenvalue weighted by molar-refractivity contribution is 0.0932. The van der Waals surface area contributed by atoms with Crippen LogP contribution in [-0.4, -0.2) is 22.7 Å². The van der Waals surface area contributed by atoms with E-state index in [1.165, 1.54) is 5.56 Å². The van der Waals surface area contributed by atoms with Gasteiger partial charge in [0.2, 0.25) is 11.7 Å². The molecule has 6 nitrogen and oxygen atoms in total. The van der Waals surface area contributed by atoms with Crippen molar-refractivity contribution < 1.29 is 14.1 Å². The van der Waals surface area contributed by atoms with Crippen molar-refractivity contribution in [2.24, 2.45) is 0 Å². The fourth-order valence-corrected chi connectivity index (χ4v) is 2.86. The van der Waals surface area contributed by atoms with E-state index in [0.29, 0.717) is 23.9 Å². The molecule has 3 rings (SSSR count). The lowest BCUT2D eigenvalue weighted by atomic mass is 9.87. The summed E-state index contributed by atoms with van der Waals surface area (Å²) in [4.78, 5) is 16.9. The number of amides is 1. The van der Waals surface area contributed by atoms with Crippen LogP contribution in [0.4, 0.5) is 0 Å². The Morgan fingerprint density at radius 2 is 1.76 bits per heavy atom. The molecule has 0 bridgehead atoms. The molecule has 6 heteroatoms. The summed E-state index contributed by atoms with van der Waals surface area (Å²) >= 11 is 0. The number of hydrogen-bond acceptors (Lipinski definition) is 5. The van der Waals surface area contributed by atoms with Gasteiger partial charge in [0.1, 0.15) is 11.8 Å². The highest BCUT2D eigenvalue weighted by molar-refractivity contribution is 5.94. The number of carbonyl (C=O) groups excluding carboxylic acids is 1. The molecule has 0 aliphatic rings. The lowest BCUT2D eigenvalue weighted by Gasteiger charge is -2.18. The van der Waals surface area contributed by atoms with Crippen LogP contribution in [0.1, 0.15) is 62.5 Å². The number of ether oxygens (including phenoxy) is 1. The van der Waals surface area contributed by atoms with Crippen molar-refractivity contribution in [3.05, 3.63) is 65.5 Å². The summed E-state index contributed by atoms with van der Waals surface area (Å²) < 4.78 is 10.8. The number of carbonyl (C=O) groups is 1. The van der Waals surface area contributed by atoms with Crippen molar-refractivity contribution in [2.75, 3.05) is 6.61 Å². The Morgan fingerprint density at radius 3 is 2.34 bits per heavy atom. The summed E-state index contributed by atoms with van der Waals surface area (Å²) in [6.07, 6.45) is 0. The number of benzene rings is 2. The molecule has 1 aromatic heterocycles. The maximum atomic E-state index is 12.5. The molecular formula is C23H27N3O3. The molecule has 2 aromatic carbocycles. The van der Waals surface area contributed by atoms with Gasteiger partial charge in [-0.15, -0.1) is 0 Å². The van der Waals surface area contributed by atoms with Crippen molar-refractivity contribution in [3.63, 3.8) is 0 Å². The summed E-state index contributed by atoms with van der Waals surface area (Å²) in [6.45, 7) is 10.8. The molecular weight excluding hydrogens is 366 g/mol. The highest BCUT2D eigenvalue weighted by Crippen LogP contribution is 2.25. The SMILES string of the molecule is CCOc1ccc(C(=O)N[C@@H](C)c2nc(-c3ccc(C(C)(C)C)cc3)no2)cc1. The van der Waals surface area contributed by atoms with E-state index in [2.05, 4.69) is 48.4 Å². The molecule has 0 fully saturated rings. The average Bonchev–Trinajstić information content (AvgIpc) is 3.18. The van der Waals surface area contributed by atoms with Crippen LogP contribution >= 0.6 is 0 Å². The van der Waals surface area contributed by atoms with E-state index in [1.54, 1.807) is 24.3 Å². The van der Waals surface area contributed by atoms with E-state index < -0.39 is 6.04 Å². The Morgan fingerprint density at radius 1 is 1.10 bits per heavy atom. The number of aromatic nitrogens is 2. The molecule has 152 valence electrons. The monoisotopic (exact) mass is 393 g/mol. The van der Waals surface area contributed by atoms with Crippen LogP contribution in [0, 0.1) is 0 Å². The third kappa shape index (κ3) is 5.02. The third-order valence-corrected chi connectivity index (χ3v) is 4.60. The van der Waals surface area contributed by atoms with Crippen molar-refractivity contribution >= 4 is 5.91 Å². The minimum absolute atomic E-state index is 0.0839. The predicted octanol–water partition coefficient (Wildman–Crippen LogP) is 4.92. The maximum Gasteiger partial charge on any atom is 0.251 e. The van der Waals surface area contributed by atoms with Gasteiger partial charge >= 0.3 is 0 Å². The van der Waals surface area contributed by atoms with Crippen molar-refractivity contribution in [2.45, 2.75) is 46.1 Å². The van der Waals surface area contributed by atoms with Crippen LogP contribution in [0.3, 0.4) is 0 Å². The summed E-state index contributed by atoms with van der Waals surface area (Å²) in [5, 5.41) is 6.94. The Balaban J connectivity index is 1.67. The predicted molar refractivity (Wildman–Crippen MR) is 112 cm³/mol. The van der Waals surface area contributed by atoms with E-state index >= 15 is 0 Å². The normalized spacial score (nSPS) is 12.4. The standard InChI is InChI=1S/C23H27N3O3/c1-6-28-19-13-9-17(10-14-19)21(27)24-15(2)22-25-20(26-29-22)16-7-11-18(12-8-16)23(3,4)5/h7-15H,6H2,1-5H3,(H,24,27)/t15-/m0/s1. The largest absolute Gasteiger partial charge is 0.494 e. The molecule has 0 saturated carbocycles. The Kier molecular flexibility index (Phi) is 6.01. The van der Waals surface area contributed by atoms with Crippen LogP contribution in [-0.2, 0) is 5.41 Å². The second-order valence-corrected chi connectivity index (χ2v) is 7.94. The van der Waals surface area contributed by atoms with Gasteiger partial charge in [0.25, 0.3) is 5.91 Å². The first kappa shape index (κ1) is 20.6. The molecule has 0 radical (unpaired) electrons. The van der Waals surface area contributed by atoms with Gasteiger partial charge < -0.3 is 14.6 Å². The second-order valence-electron chi connectivity index (χ2n) is 7.94. The summed E-state index contributed by atoms with van der Waals surface area (Å²) in [5.41, 5.74) is 2.73. The van der Waals surface area contributed by atoms with Gasteiger partial charge in [-0.2, -0.15) is 4.98 Å². The fraction of sp³-hybridized carbons (Fsp3) is 0.348. The van der Waals surface area contributed by atoms with Crippen molar-refractivity contribution in [1.82, 2.24) is 15.5 Å². The zero-order chi connectivity index (χ0) is 21.0. The molecule has 0 aliphatic heterocycles. The van der Waals surface area contributed by atoms with E-state index in [-0.39, 0.29) is 11.3 Å². The molecule has 1 N–H and O–H groups in total. The zero-order valence-corrected chi connectivity index (χ0v) is 17.5. The molecule has 0 aliphatic carbocycles. The third-order valence-electron chi connectivity index (χ3n) is 4.60. The number of nitrogens with one attached hydrogen (secondary N) is 1. The topological polar surface area (TPSA) is 77.2 Å². The molecule has 1 atom stereocenters. The highest BCUT2D eigenvalue weighted by Gasteiger charge is 2.19. The van der Waals surface area contributed by atoms with Gasteiger partial charge in [0.15, 0.2) is 0 Å². The van der Waals surface area contributed by atoms with Crippen LogP contribution in [0.2, 0.25) is 0 Å². The summed E-state index contributed by atoms with van der Waals surface area (Å²) in [6, 6.07) is 14.7. The molecule has 29 heavy (non-hydrogen) atoms. The molecule has 0 saturated heterocycles. The Bertz CT molecular complexity index is 954. The smallest absolute Gasteiger partial charge is 0.251 e. The molecule has 0 spiro atoms. The second kappa shape index (κ2) is 8.47. The number of hydrogen-bond donors (Lipinski definition) is 1. The fourth-order valence-electron chi connectivity index (χ4n) is 2.86. The number of rotatable bonds is 6. The van der Waals surface area contributed by atoms with Gasteiger partial charge in [0, 0.05) is 11.1 Å². The Hall–Kier alpha value is -3.15. The highest BCUT2D eigenvalue weighted by atomic mass is 16.5. The van der Waals surface area contributed by atoms with Crippen LogP contribution in [0.15, 0.2) is 53.1 Å². The van der Waals surface area contributed by atoms with E-state index in [1.807, 2.05) is 26.0 Å². The maximum absolute atomic E-state index is 12.5. The quantitative estimate of drug-likeness (QED) is 0.643. The van der Waals surface area contributed by atoms with Crippen LogP contribution < -0.4 is 10.1 Å². The van der Waals surface area contributed by atoms with Gasteiger partial charge in [-0.1, -0.05) is 50.2 Å². The minimum Gasteiger partial charge on any atom is -0.494 e. The summed E-state index contributed by atoms with van der Waals surface area (Å²) in [5.74, 6) is 1.38. The average molecular weight is 393 g/mol. The van der Waals surface area contributed by atoms with Crippen LogP contribution in [0.25, 0.3) is 11.4 Å². The summed E-state index contributed by atoms with van der Waals surface area (Å²) in [7, 11) is 0. The van der Waals surface area contributed by atoms with Gasteiger partial charge in [-0.25, -0.2) is 0 Å². The first-order valence-electron chi connectivity index (χ1n) is 9.76. The first-order chi connectivity index (χ1) is 13.8. The van der Waals surface area contributed by atoms with Gasteiger partial charge in [-0.05, 0) is 49.1 Å². The lowest BCUT2D eigenvalue weighted by Crippen LogP contribution is -2.26. The van der Waals surface area contributed by atoms with Crippen LogP contribution in [0.5, 0.6) is 5.75 Å². The molecule has 1 amide bonds. The zero-order valence-electron chi connectivity index (χ0n) is 17.5. The molecule has 1 heterocycles. The van der Waals surface area contributed by atoms with Gasteiger partial charge in [-0.3, -0.25) is 4.79 Å². The number of nitrogens with zero attached hydrogens (tertiary/aromatic N) is 2. The van der Waals surface area contributed by atoms with Crippen molar-refractivity contribution in [3.8, 4) is 17.1 Å². The van der Waals surface area contributed by atoms with Gasteiger partial charge in [0.05, 0.1) is 6.61 Å². The van der Waals surface area contributed by atoms with E-state index in [0.717, 1.165) is 11.3 Å². The minimum atomic E-state index is -0.413. The van der Waals surface area contributed by atoms with E-state index in [9.17, 15) is 4.79 Å². The molecule has 3 aromatic rings. The van der Waals surface area contributed by atoms with Crippen molar-refractivity contribution in [1.29, 1.82) is 0 Å². The van der Waals surface area contributed by atoms with E-state index in [4.69, 9.17) is 9.26 Å². The Labute approximate surface area is 171 Å². The molecule has 0 unspecified atom stereocenters.